The van der Waals surface area contributed by atoms with Crippen LogP contribution in [0.25, 0.3) is 0 Å². The van der Waals surface area contributed by atoms with Crippen molar-refractivity contribution in [3.05, 3.63) is 65.7 Å². The zero-order chi connectivity index (χ0) is 23.1. The third kappa shape index (κ3) is 6.09. The van der Waals surface area contributed by atoms with Gasteiger partial charge in [0.05, 0.1) is 0 Å². The first-order chi connectivity index (χ1) is 15.3. The molecule has 170 valence electrons. The van der Waals surface area contributed by atoms with E-state index in [-0.39, 0.29) is 29.8 Å². The molecule has 1 heterocycles. The van der Waals surface area contributed by atoms with Crippen molar-refractivity contribution in [2.45, 2.75) is 45.7 Å². The monoisotopic (exact) mass is 436 g/mol. The van der Waals surface area contributed by atoms with Crippen molar-refractivity contribution >= 4 is 23.5 Å². The normalized spacial score (nSPS) is 15.2. The molecule has 0 aliphatic carbocycles. The Balaban J connectivity index is 1.51. The molecule has 0 spiro atoms. The summed E-state index contributed by atoms with van der Waals surface area (Å²) in [4.78, 5) is 39.9. The fourth-order valence-corrected chi connectivity index (χ4v) is 3.82. The van der Waals surface area contributed by atoms with Crippen molar-refractivity contribution in [3.63, 3.8) is 0 Å². The van der Waals surface area contributed by atoms with Crippen molar-refractivity contribution in [1.29, 1.82) is 0 Å². The zero-order valence-electron chi connectivity index (χ0n) is 18.9. The first-order valence-electron chi connectivity index (χ1n) is 11.1. The van der Waals surface area contributed by atoms with Crippen LogP contribution in [-0.2, 0) is 4.79 Å². The molecule has 32 heavy (non-hydrogen) atoms. The molecule has 1 aliphatic heterocycles. The average molecular weight is 437 g/mol. The lowest BCUT2D eigenvalue weighted by Crippen LogP contribution is -2.54. The van der Waals surface area contributed by atoms with Gasteiger partial charge in [-0.1, -0.05) is 50.2 Å². The fraction of sp³-hybridized carbons (Fsp3) is 0.400. The lowest BCUT2D eigenvalue weighted by atomic mass is 9.99. The number of para-hydroxylation sites is 1. The van der Waals surface area contributed by atoms with Gasteiger partial charge in [-0.05, 0) is 49.4 Å². The van der Waals surface area contributed by atoms with Crippen LogP contribution in [0.3, 0.4) is 0 Å². The van der Waals surface area contributed by atoms with Crippen molar-refractivity contribution < 1.29 is 14.4 Å². The Hall–Kier alpha value is -3.35. The van der Waals surface area contributed by atoms with Gasteiger partial charge in [-0.3, -0.25) is 9.59 Å². The van der Waals surface area contributed by atoms with Crippen LogP contribution in [0.15, 0.2) is 54.6 Å². The van der Waals surface area contributed by atoms with Crippen LogP contribution in [0.1, 0.15) is 42.6 Å². The van der Waals surface area contributed by atoms with Crippen LogP contribution >= 0.6 is 0 Å². The highest BCUT2D eigenvalue weighted by atomic mass is 16.2. The van der Waals surface area contributed by atoms with Gasteiger partial charge in [0.15, 0.2) is 0 Å². The van der Waals surface area contributed by atoms with Gasteiger partial charge in [-0.2, -0.15) is 0 Å². The summed E-state index contributed by atoms with van der Waals surface area (Å²) in [6, 6.07) is 15.9. The summed E-state index contributed by atoms with van der Waals surface area (Å²) < 4.78 is 0. The van der Waals surface area contributed by atoms with Crippen LogP contribution in [-0.4, -0.2) is 47.9 Å². The summed E-state index contributed by atoms with van der Waals surface area (Å²) in [5.74, 6) is -0.488. The molecule has 2 aromatic carbocycles. The molecule has 1 aliphatic rings. The topological polar surface area (TPSA) is 90.5 Å². The van der Waals surface area contributed by atoms with Gasteiger partial charge in [0, 0.05) is 30.4 Å². The number of aryl methyl sites for hydroxylation is 1. The summed E-state index contributed by atoms with van der Waals surface area (Å²) >= 11 is 0. The van der Waals surface area contributed by atoms with E-state index in [1.807, 2.05) is 69.3 Å². The fourth-order valence-electron chi connectivity index (χ4n) is 3.82. The molecule has 3 rings (SSSR count). The number of piperidine rings is 1. The molecule has 1 unspecified atom stereocenters. The SMILES string of the molecule is Cc1ccccc1C(=O)NC(C(=O)NC1CCN(C(=O)Nc2ccccc2)CC1)C(C)C. The Morgan fingerprint density at radius 1 is 0.938 bits per heavy atom. The molecule has 1 atom stereocenters. The number of nitrogens with zero attached hydrogens (tertiary/aromatic N) is 1. The van der Waals surface area contributed by atoms with Gasteiger partial charge >= 0.3 is 6.03 Å². The second-order valence-electron chi connectivity index (χ2n) is 8.58. The van der Waals surface area contributed by atoms with E-state index in [4.69, 9.17) is 0 Å². The second-order valence-corrected chi connectivity index (χ2v) is 8.58. The number of likely N-dealkylation sites (tertiary alicyclic amines) is 1. The van der Waals surface area contributed by atoms with Gasteiger partial charge in [0.2, 0.25) is 5.91 Å². The van der Waals surface area contributed by atoms with E-state index < -0.39 is 6.04 Å². The van der Waals surface area contributed by atoms with E-state index in [2.05, 4.69) is 16.0 Å². The second kappa shape index (κ2) is 10.8. The van der Waals surface area contributed by atoms with Gasteiger partial charge in [-0.15, -0.1) is 0 Å². The van der Waals surface area contributed by atoms with E-state index in [1.54, 1.807) is 11.0 Å². The van der Waals surface area contributed by atoms with E-state index in [9.17, 15) is 14.4 Å². The predicted octanol–water partition coefficient (Wildman–Crippen LogP) is 3.56. The van der Waals surface area contributed by atoms with Crippen molar-refractivity contribution in [2.24, 2.45) is 5.92 Å². The highest BCUT2D eigenvalue weighted by molar-refractivity contribution is 5.98. The molecule has 0 aromatic heterocycles. The third-order valence-corrected chi connectivity index (χ3v) is 5.78. The molecule has 4 amide bonds. The number of anilines is 1. The van der Waals surface area contributed by atoms with E-state index in [1.165, 1.54) is 0 Å². The number of rotatable bonds is 6. The average Bonchev–Trinajstić information content (AvgIpc) is 2.78. The molecule has 1 saturated heterocycles. The minimum absolute atomic E-state index is 0.0279. The molecule has 3 N–H and O–H groups in total. The summed E-state index contributed by atoms with van der Waals surface area (Å²) in [5.41, 5.74) is 2.20. The largest absolute Gasteiger partial charge is 0.351 e. The standard InChI is InChI=1S/C25H32N4O3/c1-17(2)22(28-23(30)21-12-8-7-9-18(21)3)24(31)26-20-13-15-29(16-14-20)25(32)27-19-10-5-4-6-11-19/h4-12,17,20,22H,13-16H2,1-3H3,(H,26,31)(H,27,32)(H,28,30). The van der Waals surface area contributed by atoms with E-state index in [0.717, 1.165) is 11.3 Å². The van der Waals surface area contributed by atoms with Crippen molar-refractivity contribution in [3.8, 4) is 0 Å². The third-order valence-electron chi connectivity index (χ3n) is 5.78. The van der Waals surface area contributed by atoms with Gasteiger partial charge < -0.3 is 20.9 Å². The molecule has 0 saturated carbocycles. The Bertz CT molecular complexity index is 937. The molecular formula is C25H32N4O3. The number of benzene rings is 2. The molecular weight excluding hydrogens is 404 g/mol. The minimum Gasteiger partial charge on any atom is -0.351 e. The molecule has 7 nitrogen and oxygen atoms in total. The first-order valence-corrected chi connectivity index (χ1v) is 11.1. The number of carbonyl (C=O) groups is 3. The number of amides is 4. The zero-order valence-corrected chi connectivity index (χ0v) is 18.9. The Kier molecular flexibility index (Phi) is 7.87. The van der Waals surface area contributed by atoms with Crippen molar-refractivity contribution in [2.75, 3.05) is 18.4 Å². The summed E-state index contributed by atoms with van der Waals surface area (Å²) in [5, 5.41) is 8.85. The van der Waals surface area contributed by atoms with Crippen LogP contribution in [0.2, 0.25) is 0 Å². The number of nitrogens with one attached hydrogen (secondary N) is 3. The van der Waals surface area contributed by atoms with Gasteiger partial charge in [0.1, 0.15) is 6.04 Å². The lowest BCUT2D eigenvalue weighted by molar-refractivity contribution is -0.124. The van der Waals surface area contributed by atoms with Crippen LogP contribution < -0.4 is 16.0 Å². The number of hydrogen-bond donors (Lipinski definition) is 3. The molecule has 0 bridgehead atoms. The predicted molar refractivity (Wildman–Crippen MR) is 125 cm³/mol. The van der Waals surface area contributed by atoms with Crippen LogP contribution in [0.5, 0.6) is 0 Å². The quantitative estimate of drug-likeness (QED) is 0.647. The van der Waals surface area contributed by atoms with Crippen LogP contribution in [0, 0.1) is 12.8 Å². The maximum absolute atomic E-state index is 12.9. The highest BCUT2D eigenvalue weighted by Gasteiger charge is 2.29. The maximum atomic E-state index is 12.9. The highest BCUT2D eigenvalue weighted by Crippen LogP contribution is 2.15. The van der Waals surface area contributed by atoms with Crippen molar-refractivity contribution in [1.82, 2.24) is 15.5 Å². The Labute approximate surface area is 189 Å². The van der Waals surface area contributed by atoms with E-state index >= 15 is 0 Å². The Morgan fingerprint density at radius 2 is 1.56 bits per heavy atom. The Morgan fingerprint density at radius 3 is 2.19 bits per heavy atom. The van der Waals surface area contributed by atoms with Gasteiger partial charge in [-0.25, -0.2) is 4.79 Å². The summed E-state index contributed by atoms with van der Waals surface area (Å²) in [6.07, 6.45) is 1.34. The molecule has 2 aromatic rings. The van der Waals surface area contributed by atoms with E-state index in [0.29, 0.717) is 31.5 Å². The number of carbonyl (C=O) groups excluding carboxylic acids is 3. The minimum atomic E-state index is -0.624. The first kappa shape index (κ1) is 23.3. The number of hydrogen-bond acceptors (Lipinski definition) is 3. The smallest absolute Gasteiger partial charge is 0.321 e. The summed E-state index contributed by atoms with van der Waals surface area (Å²) in [6.45, 7) is 6.83. The van der Waals surface area contributed by atoms with Gasteiger partial charge in [0.25, 0.3) is 5.91 Å². The summed E-state index contributed by atoms with van der Waals surface area (Å²) in [7, 11) is 0. The van der Waals surface area contributed by atoms with Crippen LogP contribution in [0.4, 0.5) is 10.5 Å². The maximum Gasteiger partial charge on any atom is 0.321 e. The molecule has 1 fully saturated rings. The molecule has 7 heteroatoms. The lowest BCUT2D eigenvalue weighted by Gasteiger charge is -2.33. The molecule has 0 radical (unpaired) electrons. The number of urea groups is 1.